The zero-order chi connectivity index (χ0) is 14.0. The number of aryl methyl sites for hydroxylation is 2. The van der Waals surface area contributed by atoms with Crippen LogP contribution in [0.2, 0.25) is 5.02 Å². The van der Waals surface area contributed by atoms with E-state index in [1.165, 1.54) is 10.6 Å². The maximum atomic E-state index is 12.0. The second-order valence-corrected chi connectivity index (χ2v) is 4.71. The molecule has 1 heterocycles. The van der Waals surface area contributed by atoms with Gasteiger partial charge in [0.05, 0.1) is 0 Å². The molecule has 5 heteroatoms. The average molecular weight is 277 g/mol. The van der Waals surface area contributed by atoms with Crippen LogP contribution in [0.5, 0.6) is 0 Å². The second-order valence-electron chi connectivity index (χ2n) is 4.28. The van der Waals surface area contributed by atoms with E-state index in [1.807, 2.05) is 13.0 Å². The molecule has 0 aliphatic heterocycles. The molecule has 0 unspecified atom stereocenters. The van der Waals surface area contributed by atoms with Crippen molar-refractivity contribution in [2.75, 3.05) is 5.32 Å². The van der Waals surface area contributed by atoms with E-state index in [9.17, 15) is 9.59 Å². The molecule has 1 aromatic heterocycles. The van der Waals surface area contributed by atoms with Crippen molar-refractivity contribution in [3.05, 3.63) is 63.0 Å². The minimum absolute atomic E-state index is 0.226. The molecule has 1 N–H and O–H groups in total. The van der Waals surface area contributed by atoms with E-state index in [-0.39, 0.29) is 11.5 Å². The molecule has 1 aromatic carbocycles. The summed E-state index contributed by atoms with van der Waals surface area (Å²) < 4.78 is 1.40. The zero-order valence-corrected chi connectivity index (χ0v) is 11.4. The number of nitrogens with zero attached hydrogens (tertiary/aromatic N) is 1. The minimum atomic E-state index is -0.330. The first-order valence-corrected chi connectivity index (χ1v) is 6.09. The number of carbonyl (C=O) groups excluding carboxylic acids is 1. The molecule has 0 atom stereocenters. The van der Waals surface area contributed by atoms with Crippen molar-refractivity contribution in [1.29, 1.82) is 0 Å². The predicted octanol–water partition coefficient (Wildman–Crippen LogP) is 2.60. The van der Waals surface area contributed by atoms with Gasteiger partial charge in [-0.15, -0.1) is 0 Å². The number of benzene rings is 1. The lowest BCUT2D eigenvalue weighted by atomic mass is 10.2. The summed E-state index contributed by atoms with van der Waals surface area (Å²) in [7, 11) is 1.63. The third-order valence-electron chi connectivity index (χ3n) is 2.81. The SMILES string of the molecule is Cc1ccc(Cl)cc1NC(=O)c1ccn(C)c(=O)c1. The lowest BCUT2D eigenvalue weighted by molar-refractivity contribution is 0.102. The first-order chi connectivity index (χ1) is 8.97. The van der Waals surface area contributed by atoms with Crippen molar-refractivity contribution in [2.24, 2.45) is 7.05 Å². The van der Waals surface area contributed by atoms with Crippen LogP contribution in [0.4, 0.5) is 5.69 Å². The summed E-state index contributed by atoms with van der Waals surface area (Å²) in [5.74, 6) is -0.330. The zero-order valence-electron chi connectivity index (χ0n) is 10.6. The van der Waals surface area contributed by atoms with E-state index in [4.69, 9.17) is 11.6 Å². The van der Waals surface area contributed by atoms with Crippen LogP contribution < -0.4 is 10.9 Å². The molecule has 19 heavy (non-hydrogen) atoms. The fraction of sp³-hybridized carbons (Fsp3) is 0.143. The summed E-state index contributed by atoms with van der Waals surface area (Å²) in [5, 5.41) is 3.29. The molecular formula is C14H13ClN2O2. The van der Waals surface area contributed by atoms with Crippen molar-refractivity contribution in [3.8, 4) is 0 Å². The summed E-state index contributed by atoms with van der Waals surface area (Å²) in [5.41, 5.74) is 1.64. The Bertz CT molecular complexity index is 692. The lowest BCUT2D eigenvalue weighted by Gasteiger charge is -2.09. The lowest BCUT2D eigenvalue weighted by Crippen LogP contribution is -2.20. The molecule has 1 amide bonds. The fourth-order valence-electron chi connectivity index (χ4n) is 1.61. The van der Waals surface area contributed by atoms with Gasteiger partial charge in [-0.1, -0.05) is 17.7 Å². The third-order valence-corrected chi connectivity index (χ3v) is 3.05. The second kappa shape index (κ2) is 5.28. The van der Waals surface area contributed by atoms with Crippen LogP contribution >= 0.6 is 11.6 Å². The van der Waals surface area contributed by atoms with Gasteiger partial charge in [-0.25, -0.2) is 0 Å². The monoisotopic (exact) mass is 276 g/mol. The summed E-state index contributed by atoms with van der Waals surface area (Å²) in [4.78, 5) is 23.5. The van der Waals surface area contributed by atoms with E-state index in [1.54, 1.807) is 31.4 Å². The first-order valence-electron chi connectivity index (χ1n) is 5.71. The molecule has 0 saturated carbocycles. The highest BCUT2D eigenvalue weighted by molar-refractivity contribution is 6.31. The molecular weight excluding hydrogens is 264 g/mol. The number of carbonyl (C=O) groups is 1. The van der Waals surface area contributed by atoms with Crippen LogP contribution in [0.3, 0.4) is 0 Å². The molecule has 0 bridgehead atoms. The van der Waals surface area contributed by atoms with Crippen molar-refractivity contribution in [2.45, 2.75) is 6.92 Å². The van der Waals surface area contributed by atoms with Gasteiger partial charge in [0.1, 0.15) is 0 Å². The van der Waals surface area contributed by atoms with Gasteiger partial charge in [0, 0.05) is 35.6 Å². The first kappa shape index (κ1) is 13.4. The molecule has 2 aromatic rings. The van der Waals surface area contributed by atoms with Crippen LogP contribution in [0.15, 0.2) is 41.3 Å². The van der Waals surface area contributed by atoms with E-state index in [2.05, 4.69) is 5.32 Å². The molecule has 0 saturated heterocycles. The normalized spacial score (nSPS) is 10.3. The third kappa shape index (κ3) is 3.03. The predicted molar refractivity (Wildman–Crippen MR) is 75.8 cm³/mol. The Hall–Kier alpha value is -2.07. The maximum absolute atomic E-state index is 12.0. The highest BCUT2D eigenvalue weighted by Crippen LogP contribution is 2.20. The van der Waals surface area contributed by atoms with E-state index in [0.717, 1.165) is 5.56 Å². The van der Waals surface area contributed by atoms with Gasteiger partial charge < -0.3 is 9.88 Å². The van der Waals surface area contributed by atoms with Crippen LogP contribution in [-0.4, -0.2) is 10.5 Å². The number of rotatable bonds is 2. The van der Waals surface area contributed by atoms with Gasteiger partial charge in [0.15, 0.2) is 0 Å². The number of amides is 1. The van der Waals surface area contributed by atoms with Crippen molar-refractivity contribution in [1.82, 2.24) is 4.57 Å². The van der Waals surface area contributed by atoms with Crippen molar-refractivity contribution < 1.29 is 4.79 Å². The number of hydrogen-bond donors (Lipinski definition) is 1. The Kier molecular flexibility index (Phi) is 3.71. The number of anilines is 1. The largest absolute Gasteiger partial charge is 0.322 e. The Morgan fingerprint density at radius 2 is 2.00 bits per heavy atom. The number of hydrogen-bond acceptors (Lipinski definition) is 2. The Morgan fingerprint density at radius 3 is 2.68 bits per heavy atom. The molecule has 4 nitrogen and oxygen atoms in total. The van der Waals surface area contributed by atoms with Crippen LogP contribution in [0.25, 0.3) is 0 Å². The van der Waals surface area contributed by atoms with Crippen molar-refractivity contribution in [3.63, 3.8) is 0 Å². The standard InChI is InChI=1S/C14H13ClN2O2/c1-9-3-4-11(15)8-12(9)16-14(19)10-5-6-17(2)13(18)7-10/h3-8H,1-2H3,(H,16,19). The smallest absolute Gasteiger partial charge is 0.255 e. The van der Waals surface area contributed by atoms with Crippen LogP contribution in [0.1, 0.15) is 15.9 Å². The molecule has 0 radical (unpaired) electrons. The van der Waals surface area contributed by atoms with Gasteiger partial charge in [-0.2, -0.15) is 0 Å². The minimum Gasteiger partial charge on any atom is -0.322 e. The molecule has 0 aliphatic carbocycles. The molecule has 0 fully saturated rings. The van der Waals surface area contributed by atoms with E-state index in [0.29, 0.717) is 16.3 Å². The Morgan fingerprint density at radius 1 is 1.26 bits per heavy atom. The highest BCUT2D eigenvalue weighted by Gasteiger charge is 2.09. The van der Waals surface area contributed by atoms with Gasteiger partial charge in [-0.3, -0.25) is 9.59 Å². The molecule has 0 spiro atoms. The van der Waals surface area contributed by atoms with Gasteiger partial charge >= 0.3 is 0 Å². The average Bonchev–Trinajstić information content (AvgIpc) is 2.37. The molecule has 2 rings (SSSR count). The van der Waals surface area contributed by atoms with Gasteiger partial charge in [0.25, 0.3) is 11.5 Å². The highest BCUT2D eigenvalue weighted by atomic mass is 35.5. The summed E-state index contributed by atoms with van der Waals surface area (Å²) in [6.07, 6.45) is 1.56. The topological polar surface area (TPSA) is 51.1 Å². The molecule has 98 valence electrons. The Balaban J connectivity index is 2.28. The van der Waals surface area contributed by atoms with Gasteiger partial charge in [0.2, 0.25) is 0 Å². The summed E-state index contributed by atoms with van der Waals surface area (Å²) in [6, 6.07) is 8.15. The number of aromatic nitrogens is 1. The number of halogens is 1. The molecule has 0 aliphatic rings. The van der Waals surface area contributed by atoms with E-state index >= 15 is 0 Å². The quantitative estimate of drug-likeness (QED) is 0.917. The van der Waals surface area contributed by atoms with E-state index < -0.39 is 0 Å². The van der Waals surface area contributed by atoms with Crippen LogP contribution in [0, 0.1) is 6.92 Å². The summed E-state index contributed by atoms with van der Waals surface area (Å²) in [6.45, 7) is 1.87. The number of pyridine rings is 1. The summed E-state index contributed by atoms with van der Waals surface area (Å²) >= 11 is 5.89. The van der Waals surface area contributed by atoms with Crippen LogP contribution in [-0.2, 0) is 7.05 Å². The number of nitrogens with one attached hydrogen (secondary N) is 1. The maximum Gasteiger partial charge on any atom is 0.255 e. The fourth-order valence-corrected chi connectivity index (χ4v) is 1.79. The van der Waals surface area contributed by atoms with Crippen molar-refractivity contribution >= 4 is 23.2 Å². The Labute approximate surface area is 115 Å². The van der Waals surface area contributed by atoms with Gasteiger partial charge in [-0.05, 0) is 30.7 Å².